The second kappa shape index (κ2) is 15.6. The summed E-state index contributed by atoms with van der Waals surface area (Å²) < 4.78 is 28.9. The van der Waals surface area contributed by atoms with E-state index >= 15 is 0 Å². The van der Waals surface area contributed by atoms with Gasteiger partial charge in [0, 0.05) is 26.1 Å². The molecule has 0 aromatic carbocycles. The van der Waals surface area contributed by atoms with E-state index in [2.05, 4.69) is 27.7 Å². The fourth-order valence-electron chi connectivity index (χ4n) is 4.53. The lowest BCUT2D eigenvalue weighted by Gasteiger charge is -2.32. The molecule has 5 heteroatoms. The summed E-state index contributed by atoms with van der Waals surface area (Å²) in [5.41, 5.74) is 0.569. The van der Waals surface area contributed by atoms with Gasteiger partial charge < -0.3 is 9.84 Å². The van der Waals surface area contributed by atoms with Gasteiger partial charge in [0.15, 0.2) is 0 Å². The molecule has 0 saturated heterocycles. The van der Waals surface area contributed by atoms with Crippen LogP contribution in [0.3, 0.4) is 0 Å². The van der Waals surface area contributed by atoms with E-state index < -0.39 is 9.84 Å². The molecule has 0 unspecified atom stereocenters. The van der Waals surface area contributed by atoms with Gasteiger partial charge in [-0.25, -0.2) is 8.42 Å². The van der Waals surface area contributed by atoms with Crippen LogP contribution in [0.5, 0.6) is 0 Å². The lowest BCUT2D eigenvalue weighted by molar-refractivity contribution is 0.113. The number of hydrogen-bond donors (Lipinski definition) is 1. The highest BCUT2D eigenvalue weighted by Gasteiger charge is 2.27. The molecule has 0 rings (SSSR count). The minimum Gasteiger partial charge on any atom is -0.396 e. The zero-order chi connectivity index (χ0) is 22.2. The third kappa shape index (κ3) is 13.0. The molecule has 0 aromatic rings. The van der Waals surface area contributed by atoms with Gasteiger partial charge in [-0.3, -0.25) is 0 Å². The topological polar surface area (TPSA) is 63.6 Å². The summed E-state index contributed by atoms with van der Waals surface area (Å²) in [6, 6.07) is 0. The van der Waals surface area contributed by atoms with Crippen molar-refractivity contribution in [2.75, 3.05) is 31.8 Å². The van der Waals surface area contributed by atoms with Gasteiger partial charge in [0.25, 0.3) is 0 Å². The highest BCUT2D eigenvalue weighted by atomic mass is 32.2. The molecule has 0 aliphatic heterocycles. The predicted octanol–water partition coefficient (Wildman–Crippen LogP) is 6.16. The highest BCUT2D eigenvalue weighted by molar-refractivity contribution is 7.90. The van der Waals surface area contributed by atoms with E-state index in [9.17, 15) is 8.42 Å². The number of aliphatic hydroxyl groups excluding tert-OH is 1. The van der Waals surface area contributed by atoms with Crippen molar-refractivity contribution in [2.24, 2.45) is 10.8 Å². The molecule has 0 heterocycles. The van der Waals surface area contributed by atoms with E-state index in [0.29, 0.717) is 17.8 Å². The monoisotopic (exact) mass is 434 g/mol. The molecule has 0 radical (unpaired) electrons. The van der Waals surface area contributed by atoms with Crippen LogP contribution < -0.4 is 0 Å². The summed E-state index contributed by atoms with van der Waals surface area (Å²) in [4.78, 5) is 0. The quantitative estimate of drug-likeness (QED) is 0.233. The van der Waals surface area contributed by atoms with E-state index in [1.165, 1.54) is 31.9 Å². The van der Waals surface area contributed by atoms with Crippen LogP contribution in [0.1, 0.15) is 111 Å². The Morgan fingerprint density at radius 2 is 1.10 bits per heavy atom. The summed E-state index contributed by atoms with van der Waals surface area (Å²) in [5.74, 6) is 0.306. The molecular formula is C24H50O4S. The Morgan fingerprint density at radius 3 is 1.48 bits per heavy atom. The Morgan fingerprint density at radius 1 is 0.690 bits per heavy atom. The molecule has 29 heavy (non-hydrogen) atoms. The summed E-state index contributed by atoms with van der Waals surface area (Å²) in [7, 11) is -2.88. The maximum absolute atomic E-state index is 11.5. The molecular weight excluding hydrogens is 384 g/mol. The Bertz CT molecular complexity index is 479. The van der Waals surface area contributed by atoms with E-state index in [1.807, 2.05) is 0 Å². The van der Waals surface area contributed by atoms with Crippen molar-refractivity contribution in [1.29, 1.82) is 0 Å². The number of aliphatic hydroxyl groups is 1. The largest absolute Gasteiger partial charge is 0.396 e. The molecule has 0 aromatic heterocycles. The van der Waals surface area contributed by atoms with E-state index in [4.69, 9.17) is 9.84 Å². The van der Waals surface area contributed by atoms with Crippen molar-refractivity contribution in [3.63, 3.8) is 0 Å². The van der Waals surface area contributed by atoms with Crippen molar-refractivity contribution in [3.8, 4) is 0 Å². The minimum atomic E-state index is -2.88. The predicted molar refractivity (Wildman–Crippen MR) is 125 cm³/mol. The fourth-order valence-corrected chi connectivity index (χ4v) is 5.33. The van der Waals surface area contributed by atoms with Crippen molar-refractivity contribution in [2.45, 2.75) is 111 Å². The van der Waals surface area contributed by atoms with Gasteiger partial charge >= 0.3 is 0 Å². The van der Waals surface area contributed by atoms with Crippen LogP contribution >= 0.6 is 0 Å². The van der Waals surface area contributed by atoms with Crippen molar-refractivity contribution < 1.29 is 18.3 Å². The van der Waals surface area contributed by atoms with Gasteiger partial charge in [-0.2, -0.15) is 0 Å². The number of unbranched alkanes of at least 4 members (excludes halogenated alkanes) is 2. The molecule has 4 nitrogen and oxygen atoms in total. The molecule has 0 aliphatic carbocycles. The summed E-state index contributed by atoms with van der Waals surface area (Å²) in [6.07, 6.45) is 15.5. The molecule has 0 atom stereocenters. The average Bonchev–Trinajstić information content (AvgIpc) is 2.71. The van der Waals surface area contributed by atoms with Crippen LogP contribution in [-0.2, 0) is 14.6 Å². The van der Waals surface area contributed by atoms with Gasteiger partial charge in [0.05, 0.1) is 5.75 Å². The number of rotatable bonds is 20. The van der Waals surface area contributed by atoms with E-state index in [-0.39, 0.29) is 5.41 Å². The Balaban J connectivity index is 4.00. The second-order valence-electron chi connectivity index (χ2n) is 9.15. The first-order valence-corrected chi connectivity index (χ1v) is 14.1. The molecule has 0 spiro atoms. The lowest BCUT2D eigenvalue weighted by Crippen LogP contribution is -2.23. The molecule has 0 saturated carbocycles. The van der Waals surface area contributed by atoms with Gasteiger partial charge in [-0.15, -0.1) is 0 Å². The zero-order valence-electron chi connectivity index (χ0n) is 20.1. The SMILES string of the molecule is CCC(CC)(CCCO)CCCCOCCCCC(CC)(CC)CCS(C)(=O)=O. The molecule has 176 valence electrons. The van der Waals surface area contributed by atoms with Gasteiger partial charge in [0.2, 0.25) is 0 Å². The summed E-state index contributed by atoms with van der Waals surface area (Å²) in [5, 5.41) is 9.13. The fraction of sp³-hybridized carbons (Fsp3) is 1.00. The van der Waals surface area contributed by atoms with Crippen LogP contribution in [0.15, 0.2) is 0 Å². The number of sulfone groups is 1. The van der Waals surface area contributed by atoms with Crippen molar-refractivity contribution in [3.05, 3.63) is 0 Å². The van der Waals surface area contributed by atoms with Crippen LogP contribution in [-0.4, -0.2) is 45.4 Å². The Hall–Kier alpha value is -0.130. The maximum Gasteiger partial charge on any atom is 0.147 e. The van der Waals surface area contributed by atoms with E-state index in [0.717, 1.165) is 71.0 Å². The first-order chi connectivity index (χ1) is 13.7. The van der Waals surface area contributed by atoms with Crippen LogP contribution in [0.2, 0.25) is 0 Å². The molecule has 0 amide bonds. The van der Waals surface area contributed by atoms with Gasteiger partial charge in [-0.1, -0.05) is 66.2 Å². The molecule has 0 fully saturated rings. The second-order valence-corrected chi connectivity index (χ2v) is 11.4. The average molecular weight is 435 g/mol. The standard InChI is InChI=1S/C24H50O4S/c1-6-23(7-2,17-14-19-25)15-10-12-20-28-21-13-11-16-24(8-3,9-4)18-22-29(5,26)27/h25H,6-22H2,1-5H3. The number of ether oxygens (including phenoxy) is 1. The third-order valence-corrected chi connectivity index (χ3v) is 8.31. The lowest BCUT2D eigenvalue weighted by atomic mass is 9.74. The first-order valence-electron chi connectivity index (χ1n) is 12.1. The van der Waals surface area contributed by atoms with Crippen LogP contribution in [0.4, 0.5) is 0 Å². The summed E-state index contributed by atoms with van der Waals surface area (Å²) in [6.45, 7) is 10.9. The van der Waals surface area contributed by atoms with Gasteiger partial charge in [-0.05, 0) is 55.8 Å². The van der Waals surface area contributed by atoms with Crippen LogP contribution in [0.25, 0.3) is 0 Å². The smallest absolute Gasteiger partial charge is 0.147 e. The third-order valence-electron chi connectivity index (χ3n) is 7.36. The van der Waals surface area contributed by atoms with Crippen molar-refractivity contribution >= 4 is 9.84 Å². The molecule has 0 bridgehead atoms. The molecule has 1 N–H and O–H groups in total. The normalized spacial score (nSPS) is 13.2. The maximum atomic E-state index is 11.5. The minimum absolute atomic E-state index is 0.168. The van der Waals surface area contributed by atoms with Crippen molar-refractivity contribution in [1.82, 2.24) is 0 Å². The highest BCUT2D eigenvalue weighted by Crippen LogP contribution is 2.38. The number of hydrogen-bond acceptors (Lipinski definition) is 4. The van der Waals surface area contributed by atoms with Crippen LogP contribution in [0, 0.1) is 10.8 Å². The zero-order valence-corrected chi connectivity index (χ0v) is 20.9. The first kappa shape index (κ1) is 28.9. The Kier molecular flexibility index (Phi) is 15.6. The van der Waals surface area contributed by atoms with Gasteiger partial charge in [0.1, 0.15) is 9.84 Å². The molecule has 0 aliphatic rings. The summed E-state index contributed by atoms with van der Waals surface area (Å²) >= 11 is 0. The Labute approximate surface area is 182 Å². The van der Waals surface area contributed by atoms with E-state index in [1.54, 1.807) is 0 Å².